The second-order valence-electron chi connectivity index (χ2n) is 4.26. The monoisotopic (exact) mass is 272 g/mol. The molecular formula is C14H16N4O2. The molecular weight excluding hydrogens is 256 g/mol. The maximum absolute atomic E-state index is 11.0. The minimum Gasteiger partial charge on any atom is -0.476 e. The quantitative estimate of drug-likeness (QED) is 0.768. The van der Waals surface area contributed by atoms with E-state index in [1.54, 1.807) is 18.5 Å². The van der Waals surface area contributed by atoms with Gasteiger partial charge in [0.15, 0.2) is 0 Å². The number of hydrogen-bond acceptors (Lipinski definition) is 5. The fourth-order valence-electron chi connectivity index (χ4n) is 1.70. The number of aromatic nitrogens is 2. The van der Waals surface area contributed by atoms with Crippen LogP contribution in [0.3, 0.4) is 0 Å². The van der Waals surface area contributed by atoms with Gasteiger partial charge in [0.1, 0.15) is 5.69 Å². The first-order valence-electron chi connectivity index (χ1n) is 6.25. The van der Waals surface area contributed by atoms with Gasteiger partial charge in [0.05, 0.1) is 12.3 Å². The van der Waals surface area contributed by atoms with Gasteiger partial charge in [-0.05, 0) is 42.7 Å². The van der Waals surface area contributed by atoms with E-state index in [9.17, 15) is 4.79 Å². The van der Waals surface area contributed by atoms with E-state index in [1.165, 1.54) is 11.6 Å². The van der Waals surface area contributed by atoms with Gasteiger partial charge >= 0.3 is 0 Å². The Labute approximate surface area is 116 Å². The van der Waals surface area contributed by atoms with Gasteiger partial charge in [-0.25, -0.2) is 4.98 Å². The molecule has 0 aliphatic rings. The Morgan fingerprint density at radius 2 is 1.95 bits per heavy atom. The van der Waals surface area contributed by atoms with Crippen LogP contribution in [0, 0.1) is 0 Å². The molecule has 0 spiro atoms. The van der Waals surface area contributed by atoms with Gasteiger partial charge in [0.2, 0.25) is 5.88 Å². The molecule has 2 aromatic rings. The summed E-state index contributed by atoms with van der Waals surface area (Å²) in [5, 5.41) is 0. The van der Waals surface area contributed by atoms with Crippen molar-refractivity contribution in [2.75, 3.05) is 12.3 Å². The lowest BCUT2D eigenvalue weighted by Crippen LogP contribution is -2.14. The molecule has 0 radical (unpaired) electrons. The lowest BCUT2D eigenvalue weighted by Gasteiger charge is -2.08. The summed E-state index contributed by atoms with van der Waals surface area (Å²) in [4.78, 5) is 19.0. The summed E-state index contributed by atoms with van der Waals surface area (Å²) < 4.78 is 5.49. The van der Waals surface area contributed by atoms with Gasteiger partial charge in [-0.1, -0.05) is 0 Å². The Kier molecular flexibility index (Phi) is 4.49. The van der Waals surface area contributed by atoms with Gasteiger partial charge < -0.3 is 16.2 Å². The Morgan fingerprint density at radius 1 is 1.20 bits per heavy atom. The Balaban J connectivity index is 1.88. The predicted molar refractivity (Wildman–Crippen MR) is 75.2 cm³/mol. The molecule has 0 fully saturated rings. The third-order valence-corrected chi connectivity index (χ3v) is 2.74. The Morgan fingerprint density at radius 3 is 2.65 bits per heavy atom. The number of carbonyl (C=O) groups is 1. The van der Waals surface area contributed by atoms with Gasteiger partial charge in [-0.15, -0.1) is 0 Å². The summed E-state index contributed by atoms with van der Waals surface area (Å²) in [5.74, 6) is -0.359. The van der Waals surface area contributed by atoms with Crippen molar-refractivity contribution in [3.05, 3.63) is 47.9 Å². The van der Waals surface area contributed by atoms with Crippen LogP contribution in [0.5, 0.6) is 5.88 Å². The normalized spacial score (nSPS) is 10.2. The molecule has 2 rings (SSSR count). The van der Waals surface area contributed by atoms with Crippen molar-refractivity contribution in [1.29, 1.82) is 0 Å². The minimum absolute atomic E-state index is 0.142. The van der Waals surface area contributed by atoms with Crippen molar-refractivity contribution < 1.29 is 9.53 Å². The molecule has 2 aromatic heterocycles. The molecule has 0 aliphatic carbocycles. The standard InChI is InChI=1S/C14H16N4O2/c15-11-3-4-12(13(16)19)18-14(11)20-9-1-2-10-5-7-17-8-6-10/h3-8H,1-2,9,15H2,(H2,16,19). The number of pyridine rings is 2. The van der Waals surface area contributed by atoms with Crippen LogP contribution in [0.2, 0.25) is 0 Å². The van der Waals surface area contributed by atoms with Gasteiger partial charge in [0.25, 0.3) is 5.91 Å². The SMILES string of the molecule is NC(=O)c1ccc(N)c(OCCCc2ccncc2)n1. The lowest BCUT2D eigenvalue weighted by atomic mass is 10.1. The molecule has 0 atom stereocenters. The molecule has 0 aliphatic heterocycles. The van der Waals surface area contributed by atoms with E-state index >= 15 is 0 Å². The van der Waals surface area contributed by atoms with Crippen LogP contribution in [0.4, 0.5) is 5.69 Å². The van der Waals surface area contributed by atoms with Crippen LogP contribution in [0.25, 0.3) is 0 Å². The highest BCUT2D eigenvalue weighted by molar-refractivity contribution is 5.91. The second kappa shape index (κ2) is 6.51. The highest BCUT2D eigenvalue weighted by Gasteiger charge is 2.08. The largest absolute Gasteiger partial charge is 0.476 e. The molecule has 2 heterocycles. The zero-order chi connectivity index (χ0) is 14.4. The smallest absolute Gasteiger partial charge is 0.267 e. The summed E-state index contributed by atoms with van der Waals surface area (Å²) in [7, 11) is 0. The van der Waals surface area contributed by atoms with E-state index in [1.807, 2.05) is 12.1 Å². The third kappa shape index (κ3) is 3.68. The molecule has 0 aromatic carbocycles. The highest BCUT2D eigenvalue weighted by Crippen LogP contribution is 2.18. The first kappa shape index (κ1) is 13.8. The number of nitrogens with zero attached hydrogens (tertiary/aromatic N) is 2. The first-order valence-corrected chi connectivity index (χ1v) is 6.25. The van der Waals surface area contributed by atoms with E-state index in [0.717, 1.165) is 12.8 Å². The lowest BCUT2D eigenvalue weighted by molar-refractivity contribution is 0.0994. The molecule has 0 unspecified atom stereocenters. The molecule has 104 valence electrons. The molecule has 0 bridgehead atoms. The van der Waals surface area contributed by atoms with E-state index in [4.69, 9.17) is 16.2 Å². The predicted octanol–water partition coefficient (Wildman–Crippen LogP) is 1.17. The number of amides is 1. The maximum atomic E-state index is 11.0. The summed E-state index contributed by atoms with van der Waals surface area (Å²) in [6.45, 7) is 0.460. The number of primary amides is 1. The topological polar surface area (TPSA) is 104 Å². The zero-order valence-corrected chi connectivity index (χ0v) is 11.0. The summed E-state index contributed by atoms with van der Waals surface area (Å²) in [6.07, 6.45) is 5.20. The molecule has 4 N–H and O–H groups in total. The highest BCUT2D eigenvalue weighted by atomic mass is 16.5. The number of hydrogen-bond donors (Lipinski definition) is 2. The summed E-state index contributed by atoms with van der Waals surface area (Å²) in [5.41, 5.74) is 12.6. The summed E-state index contributed by atoms with van der Waals surface area (Å²) >= 11 is 0. The van der Waals surface area contributed by atoms with Crippen molar-refractivity contribution in [2.45, 2.75) is 12.8 Å². The van der Waals surface area contributed by atoms with Crippen LogP contribution in [-0.2, 0) is 6.42 Å². The second-order valence-corrected chi connectivity index (χ2v) is 4.26. The van der Waals surface area contributed by atoms with Crippen LogP contribution in [-0.4, -0.2) is 22.5 Å². The van der Waals surface area contributed by atoms with Crippen LogP contribution >= 0.6 is 0 Å². The number of ether oxygens (including phenoxy) is 1. The molecule has 0 saturated carbocycles. The first-order chi connectivity index (χ1) is 9.66. The fourth-order valence-corrected chi connectivity index (χ4v) is 1.70. The van der Waals surface area contributed by atoms with Crippen LogP contribution < -0.4 is 16.2 Å². The maximum Gasteiger partial charge on any atom is 0.267 e. The van der Waals surface area contributed by atoms with E-state index < -0.39 is 5.91 Å². The van der Waals surface area contributed by atoms with Crippen LogP contribution in [0.1, 0.15) is 22.5 Å². The molecule has 20 heavy (non-hydrogen) atoms. The minimum atomic E-state index is -0.605. The summed E-state index contributed by atoms with van der Waals surface area (Å²) in [6, 6.07) is 6.95. The van der Waals surface area contributed by atoms with Crippen molar-refractivity contribution in [1.82, 2.24) is 9.97 Å². The van der Waals surface area contributed by atoms with Crippen molar-refractivity contribution >= 4 is 11.6 Å². The van der Waals surface area contributed by atoms with Crippen molar-refractivity contribution in [3.8, 4) is 5.88 Å². The number of carbonyl (C=O) groups excluding carboxylic acids is 1. The number of anilines is 1. The Bertz CT molecular complexity index is 587. The number of rotatable bonds is 6. The fraction of sp³-hybridized carbons (Fsp3) is 0.214. The molecule has 0 saturated heterocycles. The van der Waals surface area contributed by atoms with E-state index in [2.05, 4.69) is 9.97 Å². The average molecular weight is 272 g/mol. The van der Waals surface area contributed by atoms with E-state index in [-0.39, 0.29) is 11.6 Å². The number of nitrogen functional groups attached to an aromatic ring is 1. The molecule has 6 nitrogen and oxygen atoms in total. The van der Waals surface area contributed by atoms with Crippen molar-refractivity contribution in [2.24, 2.45) is 5.73 Å². The van der Waals surface area contributed by atoms with E-state index in [0.29, 0.717) is 12.3 Å². The third-order valence-electron chi connectivity index (χ3n) is 2.74. The average Bonchev–Trinajstić information content (AvgIpc) is 2.46. The molecule has 1 amide bonds. The number of nitrogens with two attached hydrogens (primary N) is 2. The van der Waals surface area contributed by atoms with Crippen molar-refractivity contribution in [3.63, 3.8) is 0 Å². The zero-order valence-electron chi connectivity index (χ0n) is 11.0. The Hall–Kier alpha value is -2.63. The molecule has 6 heteroatoms. The van der Waals surface area contributed by atoms with Gasteiger partial charge in [-0.3, -0.25) is 9.78 Å². The van der Waals surface area contributed by atoms with Gasteiger partial charge in [0, 0.05) is 12.4 Å². The number of aryl methyl sites for hydroxylation is 1. The van der Waals surface area contributed by atoms with Crippen LogP contribution in [0.15, 0.2) is 36.7 Å². The van der Waals surface area contributed by atoms with Gasteiger partial charge in [-0.2, -0.15) is 0 Å².